The van der Waals surface area contributed by atoms with E-state index >= 15 is 0 Å². The number of carboxylic acid groups (broad SMARTS) is 1. The Hall–Kier alpha value is -2.29. The van der Waals surface area contributed by atoms with E-state index < -0.39 is 16.0 Å². The number of benzene rings is 2. The third-order valence-electron chi connectivity index (χ3n) is 3.31. The zero-order valence-electron chi connectivity index (χ0n) is 14.1. The van der Waals surface area contributed by atoms with Crippen molar-refractivity contribution in [3.63, 3.8) is 0 Å². The van der Waals surface area contributed by atoms with Crippen molar-refractivity contribution < 1.29 is 27.8 Å². The second-order valence-electron chi connectivity index (χ2n) is 5.46. The average Bonchev–Trinajstić information content (AvgIpc) is 2.56. The summed E-state index contributed by atoms with van der Waals surface area (Å²) >= 11 is 5.94. The minimum Gasteiger partial charge on any atom is -0.487 e. The number of rotatable bonds is 8. The molecule has 7 nitrogen and oxygen atoms in total. The quantitative estimate of drug-likeness (QED) is 0.706. The smallest absolute Gasteiger partial charge is 0.335 e. The molecule has 0 unspecified atom stereocenters. The van der Waals surface area contributed by atoms with Crippen molar-refractivity contribution in [1.29, 1.82) is 0 Å². The second kappa shape index (κ2) is 8.39. The molecule has 140 valence electrons. The van der Waals surface area contributed by atoms with Gasteiger partial charge in [0.15, 0.2) is 0 Å². The van der Waals surface area contributed by atoms with Crippen molar-refractivity contribution in [2.24, 2.45) is 0 Å². The number of methoxy groups -OCH3 is 1. The zero-order chi connectivity index (χ0) is 19.3. The highest BCUT2D eigenvalue weighted by molar-refractivity contribution is 7.92. The van der Waals surface area contributed by atoms with E-state index in [1.807, 2.05) is 0 Å². The zero-order valence-corrected chi connectivity index (χ0v) is 15.7. The van der Waals surface area contributed by atoms with E-state index in [1.165, 1.54) is 49.6 Å². The number of carbonyl (C=O) groups is 1. The van der Waals surface area contributed by atoms with Gasteiger partial charge in [-0.05, 0) is 49.4 Å². The van der Waals surface area contributed by atoms with Crippen LogP contribution < -0.4 is 9.46 Å². The summed E-state index contributed by atoms with van der Waals surface area (Å²) in [6, 6.07) is 9.60. The number of hydrogen-bond donors (Lipinski definition) is 2. The van der Waals surface area contributed by atoms with Crippen LogP contribution in [0, 0.1) is 0 Å². The summed E-state index contributed by atoms with van der Waals surface area (Å²) < 4.78 is 38.5. The number of carboxylic acids is 1. The lowest BCUT2D eigenvalue weighted by Crippen LogP contribution is -2.21. The van der Waals surface area contributed by atoms with Crippen LogP contribution in [0.1, 0.15) is 17.3 Å². The lowest BCUT2D eigenvalue weighted by Gasteiger charge is -2.17. The SMILES string of the molecule is COC[C@H](C)Oc1ccc(Cl)cc1S(=O)(=O)Nc1ccc(C(=O)O)cc1. The molecule has 0 heterocycles. The third kappa shape index (κ3) is 5.10. The van der Waals surface area contributed by atoms with Crippen LogP contribution in [0.3, 0.4) is 0 Å². The maximum absolute atomic E-state index is 12.7. The van der Waals surface area contributed by atoms with Crippen molar-refractivity contribution in [2.75, 3.05) is 18.4 Å². The molecule has 2 aromatic rings. The van der Waals surface area contributed by atoms with Crippen LogP contribution >= 0.6 is 11.6 Å². The summed E-state index contributed by atoms with van der Waals surface area (Å²) in [5.74, 6) is -0.967. The van der Waals surface area contributed by atoms with Crippen LogP contribution in [0.25, 0.3) is 0 Å². The summed E-state index contributed by atoms with van der Waals surface area (Å²) in [4.78, 5) is 10.7. The maximum Gasteiger partial charge on any atom is 0.335 e. The van der Waals surface area contributed by atoms with Crippen LogP contribution in [0.15, 0.2) is 47.4 Å². The van der Waals surface area contributed by atoms with Crippen molar-refractivity contribution in [2.45, 2.75) is 17.9 Å². The molecule has 0 spiro atoms. The first kappa shape index (κ1) is 20.0. The molecule has 0 aromatic heterocycles. The summed E-state index contributed by atoms with van der Waals surface area (Å²) in [6.45, 7) is 2.03. The molecule has 0 radical (unpaired) electrons. The predicted molar refractivity (Wildman–Crippen MR) is 97.6 cm³/mol. The molecule has 0 saturated carbocycles. The molecule has 2 N–H and O–H groups in total. The Morgan fingerprint density at radius 1 is 1.23 bits per heavy atom. The first-order valence-corrected chi connectivity index (χ1v) is 9.40. The highest BCUT2D eigenvalue weighted by Gasteiger charge is 2.22. The highest BCUT2D eigenvalue weighted by atomic mass is 35.5. The fourth-order valence-electron chi connectivity index (χ4n) is 2.17. The van der Waals surface area contributed by atoms with Crippen LogP contribution in [-0.4, -0.2) is 39.3 Å². The van der Waals surface area contributed by atoms with Gasteiger partial charge in [-0.2, -0.15) is 0 Å². The second-order valence-corrected chi connectivity index (χ2v) is 7.55. The Morgan fingerprint density at radius 2 is 1.88 bits per heavy atom. The fraction of sp³-hybridized carbons (Fsp3) is 0.235. The van der Waals surface area contributed by atoms with Crippen molar-refractivity contribution in [3.05, 3.63) is 53.1 Å². The molecule has 26 heavy (non-hydrogen) atoms. The van der Waals surface area contributed by atoms with E-state index in [9.17, 15) is 13.2 Å². The Bertz CT molecular complexity index is 883. The number of aromatic carboxylic acids is 1. The third-order valence-corrected chi connectivity index (χ3v) is 4.95. The molecule has 0 aliphatic heterocycles. The normalized spacial score (nSPS) is 12.4. The number of anilines is 1. The van der Waals surface area contributed by atoms with E-state index in [-0.39, 0.29) is 39.6 Å². The summed E-state index contributed by atoms with van der Waals surface area (Å²) in [5.41, 5.74) is 0.263. The molecule has 9 heteroatoms. The van der Waals surface area contributed by atoms with Crippen molar-refractivity contribution >= 4 is 33.3 Å². The van der Waals surface area contributed by atoms with E-state index in [1.54, 1.807) is 6.92 Å². The lowest BCUT2D eigenvalue weighted by atomic mass is 10.2. The predicted octanol–water partition coefficient (Wildman–Crippen LogP) is 3.25. The number of halogens is 1. The summed E-state index contributed by atoms with van der Waals surface area (Å²) in [6.07, 6.45) is -0.370. The first-order chi connectivity index (χ1) is 12.2. The largest absolute Gasteiger partial charge is 0.487 e. The van der Waals surface area contributed by atoms with E-state index in [0.717, 1.165) is 0 Å². The van der Waals surface area contributed by atoms with E-state index in [2.05, 4.69) is 4.72 Å². The highest BCUT2D eigenvalue weighted by Crippen LogP contribution is 2.30. The van der Waals surface area contributed by atoms with Gasteiger partial charge in [0.25, 0.3) is 10.0 Å². The van der Waals surface area contributed by atoms with Crippen LogP contribution in [0.5, 0.6) is 5.75 Å². The van der Waals surface area contributed by atoms with Gasteiger partial charge in [-0.1, -0.05) is 11.6 Å². The minimum atomic E-state index is -4.01. The van der Waals surface area contributed by atoms with Crippen LogP contribution in [0.4, 0.5) is 5.69 Å². The molecule has 0 fully saturated rings. The lowest BCUT2D eigenvalue weighted by molar-refractivity contribution is 0.0697. The summed E-state index contributed by atoms with van der Waals surface area (Å²) in [5, 5.41) is 9.14. The Labute approximate surface area is 156 Å². The van der Waals surface area contributed by atoms with Gasteiger partial charge in [0.2, 0.25) is 0 Å². The minimum absolute atomic E-state index is 0.0492. The molecule has 2 rings (SSSR count). The van der Waals surface area contributed by atoms with Gasteiger partial charge in [-0.25, -0.2) is 13.2 Å². The topological polar surface area (TPSA) is 102 Å². The van der Waals surface area contributed by atoms with Gasteiger partial charge in [-0.15, -0.1) is 0 Å². The van der Waals surface area contributed by atoms with Gasteiger partial charge in [-0.3, -0.25) is 4.72 Å². The van der Waals surface area contributed by atoms with Crippen LogP contribution in [-0.2, 0) is 14.8 Å². The Balaban J connectivity index is 2.32. The van der Waals surface area contributed by atoms with Gasteiger partial charge < -0.3 is 14.6 Å². The fourth-order valence-corrected chi connectivity index (χ4v) is 3.62. The van der Waals surface area contributed by atoms with Crippen LogP contribution in [0.2, 0.25) is 5.02 Å². The standard InChI is InChI=1S/C17H18ClNO6S/c1-11(10-24-2)25-15-8-5-13(18)9-16(15)26(22,23)19-14-6-3-12(4-7-14)17(20)21/h3-9,11,19H,10H2,1-2H3,(H,20,21)/t11-/m0/s1. The molecule has 0 aliphatic carbocycles. The van der Waals surface area contributed by atoms with Gasteiger partial charge in [0, 0.05) is 17.8 Å². The van der Waals surface area contributed by atoms with E-state index in [0.29, 0.717) is 0 Å². The van der Waals surface area contributed by atoms with Crippen molar-refractivity contribution in [3.8, 4) is 5.75 Å². The molecule has 0 amide bonds. The molecule has 0 aliphatic rings. The van der Waals surface area contributed by atoms with E-state index in [4.69, 9.17) is 26.2 Å². The Morgan fingerprint density at radius 3 is 2.46 bits per heavy atom. The average molecular weight is 400 g/mol. The Kier molecular flexibility index (Phi) is 6.47. The van der Waals surface area contributed by atoms with Gasteiger partial charge in [0.05, 0.1) is 12.2 Å². The number of nitrogens with one attached hydrogen (secondary N) is 1. The first-order valence-electron chi connectivity index (χ1n) is 7.54. The molecule has 1 atom stereocenters. The van der Waals surface area contributed by atoms with Crippen molar-refractivity contribution in [1.82, 2.24) is 0 Å². The number of hydrogen-bond acceptors (Lipinski definition) is 5. The summed E-state index contributed by atoms with van der Waals surface area (Å²) in [7, 11) is -2.49. The molecular formula is C17H18ClNO6S. The number of ether oxygens (including phenoxy) is 2. The molecular weight excluding hydrogens is 382 g/mol. The maximum atomic E-state index is 12.7. The number of sulfonamides is 1. The molecule has 0 saturated heterocycles. The van der Waals surface area contributed by atoms with Gasteiger partial charge in [0.1, 0.15) is 16.7 Å². The van der Waals surface area contributed by atoms with Gasteiger partial charge >= 0.3 is 5.97 Å². The molecule has 0 bridgehead atoms. The monoisotopic (exact) mass is 399 g/mol. The molecule has 2 aromatic carbocycles.